The van der Waals surface area contributed by atoms with Crippen LogP contribution in [0.2, 0.25) is 5.02 Å². The largest absolute Gasteiger partial charge is 0.397 e. The monoisotopic (exact) mass is 387 g/mol. The zero-order valence-electron chi connectivity index (χ0n) is 9.78. The van der Waals surface area contributed by atoms with Gasteiger partial charge in [-0.3, -0.25) is 4.79 Å². The minimum atomic E-state index is -0.492. The van der Waals surface area contributed by atoms with Gasteiger partial charge in [0.2, 0.25) is 5.91 Å². The summed E-state index contributed by atoms with van der Waals surface area (Å²) in [6.45, 7) is 0. The van der Waals surface area contributed by atoms with Crippen molar-refractivity contribution in [1.29, 1.82) is 0 Å². The smallest absolute Gasteiger partial charge is 0.248 e. The predicted molar refractivity (Wildman–Crippen MR) is 86.8 cm³/mol. The Labute approximate surface area is 129 Å². The van der Waals surface area contributed by atoms with Crippen LogP contribution in [0.3, 0.4) is 0 Å². The molecule has 0 unspecified atom stereocenters. The molecular formula is C13H11ClIN3O. The highest BCUT2D eigenvalue weighted by Crippen LogP contribution is 2.29. The summed E-state index contributed by atoms with van der Waals surface area (Å²) >= 11 is 8.07. The van der Waals surface area contributed by atoms with Crippen LogP contribution in [-0.4, -0.2) is 5.91 Å². The van der Waals surface area contributed by atoms with E-state index in [1.807, 2.05) is 12.1 Å². The van der Waals surface area contributed by atoms with Gasteiger partial charge >= 0.3 is 0 Å². The molecule has 6 heteroatoms. The quantitative estimate of drug-likeness (QED) is 0.558. The molecule has 98 valence electrons. The summed E-state index contributed by atoms with van der Waals surface area (Å²) in [7, 11) is 0. The van der Waals surface area contributed by atoms with Gasteiger partial charge in [0, 0.05) is 14.2 Å². The first-order chi connectivity index (χ1) is 8.97. The second-order valence-corrected chi connectivity index (χ2v) is 5.51. The SMILES string of the molecule is NC(=O)c1ccc(N)c(Nc2ccc(Cl)cc2I)c1. The van der Waals surface area contributed by atoms with E-state index in [2.05, 4.69) is 27.9 Å². The Morgan fingerprint density at radius 2 is 1.89 bits per heavy atom. The Bertz CT molecular complexity index is 646. The summed E-state index contributed by atoms with van der Waals surface area (Å²) in [6.07, 6.45) is 0. The Hall–Kier alpha value is -1.47. The molecule has 0 aromatic heterocycles. The molecule has 0 aliphatic rings. The van der Waals surface area contributed by atoms with Gasteiger partial charge in [-0.05, 0) is 59.0 Å². The summed E-state index contributed by atoms with van der Waals surface area (Å²) in [5.41, 5.74) is 13.6. The van der Waals surface area contributed by atoms with E-state index >= 15 is 0 Å². The first kappa shape index (κ1) is 14.0. The average molecular weight is 388 g/mol. The number of hydrogen-bond donors (Lipinski definition) is 3. The van der Waals surface area contributed by atoms with Crippen LogP contribution >= 0.6 is 34.2 Å². The molecule has 0 heterocycles. The molecule has 0 bridgehead atoms. The number of benzene rings is 2. The van der Waals surface area contributed by atoms with Crippen LogP contribution in [0.25, 0.3) is 0 Å². The van der Waals surface area contributed by atoms with Gasteiger partial charge in [0.25, 0.3) is 0 Å². The number of amides is 1. The van der Waals surface area contributed by atoms with Crippen molar-refractivity contribution in [1.82, 2.24) is 0 Å². The summed E-state index contributed by atoms with van der Waals surface area (Å²) in [4.78, 5) is 11.2. The van der Waals surface area contributed by atoms with Gasteiger partial charge in [-0.1, -0.05) is 11.6 Å². The highest BCUT2D eigenvalue weighted by atomic mass is 127. The number of rotatable bonds is 3. The first-order valence-corrected chi connectivity index (χ1v) is 6.84. The fourth-order valence-electron chi connectivity index (χ4n) is 1.55. The lowest BCUT2D eigenvalue weighted by Gasteiger charge is -2.12. The maximum atomic E-state index is 11.2. The van der Waals surface area contributed by atoms with E-state index in [1.54, 1.807) is 24.3 Å². The molecule has 2 aromatic rings. The summed E-state index contributed by atoms with van der Waals surface area (Å²) in [5.74, 6) is -0.492. The molecule has 0 saturated carbocycles. The number of carbonyl (C=O) groups excluding carboxylic acids is 1. The van der Waals surface area contributed by atoms with E-state index in [-0.39, 0.29) is 0 Å². The molecule has 0 aliphatic heterocycles. The maximum absolute atomic E-state index is 11.2. The van der Waals surface area contributed by atoms with E-state index in [0.29, 0.717) is 22.0 Å². The van der Waals surface area contributed by atoms with Crippen molar-refractivity contribution in [3.63, 3.8) is 0 Å². The van der Waals surface area contributed by atoms with Gasteiger partial charge in [-0.25, -0.2) is 0 Å². The van der Waals surface area contributed by atoms with E-state index < -0.39 is 5.91 Å². The fraction of sp³-hybridized carbons (Fsp3) is 0. The van der Waals surface area contributed by atoms with Crippen LogP contribution < -0.4 is 16.8 Å². The molecule has 4 nitrogen and oxygen atoms in total. The molecule has 5 N–H and O–H groups in total. The van der Waals surface area contributed by atoms with Crippen molar-refractivity contribution in [3.05, 3.63) is 50.6 Å². The van der Waals surface area contributed by atoms with Crippen molar-refractivity contribution in [2.45, 2.75) is 0 Å². The number of nitrogen functional groups attached to an aromatic ring is 1. The highest BCUT2D eigenvalue weighted by molar-refractivity contribution is 14.1. The maximum Gasteiger partial charge on any atom is 0.248 e. The van der Waals surface area contributed by atoms with E-state index in [4.69, 9.17) is 23.1 Å². The third-order valence-electron chi connectivity index (χ3n) is 2.54. The Morgan fingerprint density at radius 1 is 1.16 bits per heavy atom. The third kappa shape index (κ3) is 3.30. The topological polar surface area (TPSA) is 81.1 Å². The Balaban J connectivity index is 2.37. The molecule has 0 fully saturated rings. The van der Waals surface area contributed by atoms with Crippen LogP contribution in [0, 0.1) is 3.57 Å². The van der Waals surface area contributed by atoms with Gasteiger partial charge in [0.15, 0.2) is 0 Å². The summed E-state index contributed by atoms with van der Waals surface area (Å²) < 4.78 is 0.953. The summed E-state index contributed by atoms with van der Waals surface area (Å²) in [6, 6.07) is 10.3. The predicted octanol–water partition coefficient (Wildman–Crippen LogP) is 3.37. The normalized spacial score (nSPS) is 10.2. The van der Waals surface area contributed by atoms with Crippen LogP contribution in [0.1, 0.15) is 10.4 Å². The molecule has 0 spiro atoms. The number of nitrogens with two attached hydrogens (primary N) is 2. The third-order valence-corrected chi connectivity index (χ3v) is 3.67. The minimum absolute atomic E-state index is 0.403. The van der Waals surface area contributed by atoms with Gasteiger partial charge in [0.05, 0.1) is 17.1 Å². The van der Waals surface area contributed by atoms with Crippen molar-refractivity contribution < 1.29 is 4.79 Å². The van der Waals surface area contributed by atoms with Gasteiger partial charge < -0.3 is 16.8 Å². The molecule has 1 amide bonds. The van der Waals surface area contributed by atoms with Gasteiger partial charge in [0.1, 0.15) is 0 Å². The number of hydrogen-bond acceptors (Lipinski definition) is 3. The lowest BCUT2D eigenvalue weighted by atomic mass is 10.1. The lowest BCUT2D eigenvalue weighted by molar-refractivity contribution is 0.100. The van der Waals surface area contributed by atoms with Crippen molar-refractivity contribution in [2.75, 3.05) is 11.1 Å². The number of halogens is 2. The van der Waals surface area contributed by atoms with E-state index in [0.717, 1.165) is 9.26 Å². The van der Waals surface area contributed by atoms with Crippen molar-refractivity contribution >= 4 is 57.2 Å². The van der Waals surface area contributed by atoms with Crippen molar-refractivity contribution in [3.8, 4) is 0 Å². The number of anilines is 3. The number of carbonyl (C=O) groups is 1. The molecule has 0 aliphatic carbocycles. The zero-order valence-corrected chi connectivity index (χ0v) is 12.7. The second kappa shape index (κ2) is 5.66. The standard InChI is InChI=1S/C13H11ClIN3O/c14-8-2-4-11(9(15)6-8)18-12-5-7(13(17)19)1-3-10(12)16/h1-6,18H,16H2,(H2,17,19). The molecule has 19 heavy (non-hydrogen) atoms. The first-order valence-electron chi connectivity index (χ1n) is 5.39. The van der Waals surface area contributed by atoms with Gasteiger partial charge in [-0.2, -0.15) is 0 Å². The molecule has 0 radical (unpaired) electrons. The van der Waals surface area contributed by atoms with Crippen LogP contribution in [0.4, 0.5) is 17.1 Å². The molecule has 0 atom stereocenters. The molecule has 0 saturated heterocycles. The van der Waals surface area contributed by atoms with E-state index in [1.165, 1.54) is 0 Å². The van der Waals surface area contributed by atoms with Crippen LogP contribution in [0.15, 0.2) is 36.4 Å². The van der Waals surface area contributed by atoms with Crippen LogP contribution in [0.5, 0.6) is 0 Å². The zero-order chi connectivity index (χ0) is 14.0. The van der Waals surface area contributed by atoms with Crippen LogP contribution in [-0.2, 0) is 0 Å². The van der Waals surface area contributed by atoms with Crippen molar-refractivity contribution in [2.24, 2.45) is 5.73 Å². The minimum Gasteiger partial charge on any atom is -0.397 e. The Kier molecular flexibility index (Phi) is 4.16. The molecule has 2 aromatic carbocycles. The van der Waals surface area contributed by atoms with E-state index in [9.17, 15) is 4.79 Å². The lowest BCUT2D eigenvalue weighted by Crippen LogP contribution is -2.11. The Morgan fingerprint density at radius 3 is 2.53 bits per heavy atom. The molecular weight excluding hydrogens is 377 g/mol. The molecule has 2 rings (SSSR count). The summed E-state index contributed by atoms with van der Waals surface area (Å²) in [5, 5.41) is 3.82. The second-order valence-electron chi connectivity index (χ2n) is 3.92. The number of nitrogens with one attached hydrogen (secondary N) is 1. The fourth-order valence-corrected chi connectivity index (χ4v) is 2.56. The van der Waals surface area contributed by atoms with Gasteiger partial charge in [-0.15, -0.1) is 0 Å². The number of primary amides is 1. The average Bonchev–Trinajstić information content (AvgIpc) is 2.34. The highest BCUT2D eigenvalue weighted by Gasteiger charge is 2.07.